The van der Waals surface area contributed by atoms with Crippen molar-refractivity contribution in [2.75, 3.05) is 13.1 Å². The molecule has 0 unspecified atom stereocenters. The molecule has 1 aliphatic carbocycles. The summed E-state index contributed by atoms with van der Waals surface area (Å²) in [4.78, 5) is 19.0. The van der Waals surface area contributed by atoms with Crippen molar-refractivity contribution in [3.05, 3.63) is 41.9 Å². The minimum atomic E-state index is 0.102. The highest BCUT2D eigenvalue weighted by atomic mass is 16.3. The fraction of sp³-hybridized carbons (Fsp3) is 0.600. The van der Waals surface area contributed by atoms with Crippen LogP contribution < -0.4 is 0 Å². The summed E-state index contributed by atoms with van der Waals surface area (Å²) in [6.07, 6.45) is 12.4. The molecule has 0 aromatic carbocycles. The van der Waals surface area contributed by atoms with E-state index < -0.39 is 0 Å². The normalized spacial score (nSPS) is 19.2. The Morgan fingerprint density at radius 3 is 2.72 bits per heavy atom. The average molecular weight is 341 g/mol. The van der Waals surface area contributed by atoms with Crippen LogP contribution in [0.3, 0.4) is 0 Å². The highest BCUT2D eigenvalue weighted by molar-refractivity contribution is 5.93. The van der Waals surface area contributed by atoms with Crippen LogP contribution in [0.5, 0.6) is 0 Å². The van der Waals surface area contributed by atoms with E-state index in [1.165, 1.54) is 43.5 Å². The van der Waals surface area contributed by atoms with Gasteiger partial charge in [-0.3, -0.25) is 4.79 Å². The van der Waals surface area contributed by atoms with Crippen molar-refractivity contribution in [1.29, 1.82) is 0 Å². The molecule has 2 aromatic rings. The third kappa shape index (κ3) is 3.37. The third-order valence-electron chi connectivity index (χ3n) is 5.99. The summed E-state index contributed by atoms with van der Waals surface area (Å²) < 4.78 is 7.46. The Morgan fingerprint density at radius 2 is 2.08 bits per heavy atom. The standard InChI is InChI=1S/C20H27N3O2/c1-15-13-21-19(17-3-2-4-17)23(15)11-7-16-5-9-22(10-6-16)20(24)18-8-12-25-14-18/h8,12-14,16-17H,2-7,9-11H2,1H3. The Bertz CT molecular complexity index is 707. The van der Waals surface area contributed by atoms with Gasteiger partial charge in [0.2, 0.25) is 0 Å². The zero-order valence-corrected chi connectivity index (χ0v) is 15.0. The Balaban J connectivity index is 1.29. The predicted molar refractivity (Wildman–Crippen MR) is 95.5 cm³/mol. The number of hydrogen-bond acceptors (Lipinski definition) is 3. The number of carbonyl (C=O) groups is 1. The summed E-state index contributed by atoms with van der Waals surface area (Å²) in [6.45, 7) is 4.94. The second kappa shape index (κ2) is 7.06. The highest BCUT2D eigenvalue weighted by Crippen LogP contribution is 2.36. The summed E-state index contributed by atoms with van der Waals surface area (Å²) in [5.41, 5.74) is 1.95. The topological polar surface area (TPSA) is 51.3 Å². The van der Waals surface area contributed by atoms with Crippen LogP contribution in [-0.4, -0.2) is 33.4 Å². The zero-order valence-electron chi connectivity index (χ0n) is 15.0. The molecule has 0 bridgehead atoms. The van der Waals surface area contributed by atoms with Gasteiger partial charge in [-0.1, -0.05) is 6.42 Å². The van der Waals surface area contributed by atoms with Crippen LogP contribution >= 0.6 is 0 Å². The van der Waals surface area contributed by atoms with Crippen LogP contribution in [0, 0.1) is 12.8 Å². The number of carbonyl (C=O) groups excluding carboxylic acids is 1. The lowest BCUT2D eigenvalue weighted by molar-refractivity contribution is 0.0684. The summed E-state index contributed by atoms with van der Waals surface area (Å²) in [7, 11) is 0. The van der Waals surface area contributed by atoms with Gasteiger partial charge in [0.25, 0.3) is 5.91 Å². The number of rotatable bonds is 5. The molecule has 5 nitrogen and oxygen atoms in total. The van der Waals surface area contributed by atoms with E-state index in [0.29, 0.717) is 17.4 Å². The van der Waals surface area contributed by atoms with Crippen LogP contribution in [-0.2, 0) is 6.54 Å². The first-order valence-electron chi connectivity index (χ1n) is 9.56. The van der Waals surface area contributed by atoms with Gasteiger partial charge < -0.3 is 13.9 Å². The Hall–Kier alpha value is -2.04. The molecule has 134 valence electrons. The number of furan rings is 1. The average Bonchev–Trinajstić information content (AvgIpc) is 3.23. The van der Waals surface area contributed by atoms with E-state index in [1.807, 2.05) is 11.1 Å². The zero-order chi connectivity index (χ0) is 17.2. The van der Waals surface area contributed by atoms with E-state index in [9.17, 15) is 4.79 Å². The van der Waals surface area contributed by atoms with Gasteiger partial charge in [-0.05, 0) is 51.0 Å². The molecule has 1 saturated heterocycles. The van der Waals surface area contributed by atoms with Gasteiger partial charge in [-0.15, -0.1) is 0 Å². The van der Waals surface area contributed by atoms with Crippen LogP contribution in [0.4, 0.5) is 0 Å². The number of hydrogen-bond donors (Lipinski definition) is 0. The third-order valence-corrected chi connectivity index (χ3v) is 5.99. The number of imidazole rings is 1. The molecule has 0 spiro atoms. The number of aromatic nitrogens is 2. The number of amides is 1. The molecule has 2 aromatic heterocycles. The summed E-state index contributed by atoms with van der Waals surface area (Å²) in [5, 5.41) is 0. The fourth-order valence-electron chi connectivity index (χ4n) is 4.07. The smallest absolute Gasteiger partial charge is 0.257 e. The van der Waals surface area contributed by atoms with Crippen LogP contribution in [0.1, 0.15) is 66.3 Å². The minimum Gasteiger partial charge on any atom is -0.472 e. The van der Waals surface area contributed by atoms with E-state index in [-0.39, 0.29) is 5.91 Å². The SMILES string of the molecule is Cc1cnc(C2CCC2)n1CCC1CCN(C(=O)c2ccoc2)CC1. The molecule has 5 heteroatoms. The van der Waals surface area contributed by atoms with Crippen molar-refractivity contribution in [3.8, 4) is 0 Å². The highest BCUT2D eigenvalue weighted by Gasteiger charge is 2.27. The molecule has 0 atom stereocenters. The number of nitrogens with zero attached hydrogens (tertiary/aromatic N) is 3. The molecule has 4 rings (SSSR count). The predicted octanol–water partition coefficient (Wildman–Crippen LogP) is 3.99. The summed E-state index contributed by atoms with van der Waals surface area (Å²) >= 11 is 0. The molecule has 25 heavy (non-hydrogen) atoms. The lowest BCUT2D eigenvalue weighted by atomic mass is 9.84. The summed E-state index contributed by atoms with van der Waals surface area (Å²) in [5.74, 6) is 2.79. The van der Waals surface area contributed by atoms with E-state index in [1.54, 1.807) is 12.3 Å². The number of aryl methyl sites for hydroxylation is 1. The second-order valence-electron chi connectivity index (χ2n) is 7.57. The Labute approximate surface area is 149 Å². The molecule has 0 N–H and O–H groups in total. The second-order valence-corrected chi connectivity index (χ2v) is 7.57. The molecule has 0 radical (unpaired) electrons. The van der Waals surface area contributed by atoms with Gasteiger partial charge in [-0.2, -0.15) is 0 Å². The van der Waals surface area contributed by atoms with Crippen molar-refractivity contribution < 1.29 is 9.21 Å². The first kappa shape index (κ1) is 16.4. The van der Waals surface area contributed by atoms with Crippen molar-refractivity contribution >= 4 is 5.91 Å². The van der Waals surface area contributed by atoms with Gasteiger partial charge in [0.1, 0.15) is 12.1 Å². The molecular weight excluding hydrogens is 314 g/mol. The van der Waals surface area contributed by atoms with E-state index in [2.05, 4.69) is 16.5 Å². The van der Waals surface area contributed by atoms with Crippen molar-refractivity contribution in [1.82, 2.24) is 14.5 Å². The maximum Gasteiger partial charge on any atom is 0.257 e. The lowest BCUT2D eigenvalue weighted by Crippen LogP contribution is -2.38. The lowest BCUT2D eigenvalue weighted by Gasteiger charge is -2.32. The monoisotopic (exact) mass is 341 g/mol. The van der Waals surface area contributed by atoms with Gasteiger partial charge in [0.05, 0.1) is 11.8 Å². The minimum absolute atomic E-state index is 0.102. The molecule has 2 fully saturated rings. The number of likely N-dealkylation sites (tertiary alicyclic amines) is 1. The van der Waals surface area contributed by atoms with E-state index >= 15 is 0 Å². The van der Waals surface area contributed by atoms with Crippen LogP contribution in [0.25, 0.3) is 0 Å². The van der Waals surface area contributed by atoms with Crippen molar-refractivity contribution in [3.63, 3.8) is 0 Å². The quantitative estimate of drug-likeness (QED) is 0.826. The maximum atomic E-state index is 12.4. The number of piperidine rings is 1. The van der Waals surface area contributed by atoms with E-state index in [4.69, 9.17) is 4.42 Å². The molecular formula is C20H27N3O2. The van der Waals surface area contributed by atoms with Crippen molar-refractivity contribution in [2.24, 2.45) is 5.92 Å². The molecule has 2 aliphatic rings. The summed E-state index contributed by atoms with van der Waals surface area (Å²) in [6, 6.07) is 1.75. The molecule has 1 saturated carbocycles. The fourth-order valence-corrected chi connectivity index (χ4v) is 4.07. The van der Waals surface area contributed by atoms with Gasteiger partial charge in [0, 0.05) is 37.4 Å². The van der Waals surface area contributed by atoms with Gasteiger partial charge in [-0.25, -0.2) is 4.98 Å². The van der Waals surface area contributed by atoms with Gasteiger partial charge >= 0.3 is 0 Å². The first-order valence-corrected chi connectivity index (χ1v) is 9.56. The van der Waals surface area contributed by atoms with Crippen molar-refractivity contribution in [2.45, 2.75) is 57.9 Å². The Kier molecular flexibility index (Phi) is 4.64. The van der Waals surface area contributed by atoms with Crippen LogP contribution in [0.2, 0.25) is 0 Å². The van der Waals surface area contributed by atoms with Gasteiger partial charge in [0.15, 0.2) is 0 Å². The largest absolute Gasteiger partial charge is 0.472 e. The Morgan fingerprint density at radius 1 is 1.28 bits per heavy atom. The van der Waals surface area contributed by atoms with E-state index in [0.717, 1.165) is 32.5 Å². The molecule has 1 aliphatic heterocycles. The molecule has 3 heterocycles. The first-order chi connectivity index (χ1) is 12.2. The molecule has 1 amide bonds. The van der Waals surface area contributed by atoms with Crippen LogP contribution in [0.15, 0.2) is 29.2 Å². The maximum absolute atomic E-state index is 12.4.